The molecule has 0 aliphatic rings. The fourth-order valence-electron chi connectivity index (χ4n) is 0. The Morgan fingerprint density at radius 3 is 1.33 bits per heavy atom. The molecule has 0 bridgehead atoms. The summed E-state index contributed by atoms with van der Waals surface area (Å²) >= 11 is 0. The van der Waals surface area contributed by atoms with Crippen LogP contribution in [0.2, 0.25) is 0 Å². The monoisotopic (exact) mass is 149 g/mol. The van der Waals surface area contributed by atoms with Crippen LogP contribution in [0, 0.1) is 0 Å². The van der Waals surface area contributed by atoms with E-state index in [1.807, 2.05) is 0 Å². The summed E-state index contributed by atoms with van der Waals surface area (Å²) in [6, 6.07) is 0. The van der Waals surface area contributed by atoms with Crippen molar-refractivity contribution < 1.29 is 36.6 Å². The second-order valence-electron chi connectivity index (χ2n) is 0.250. The van der Waals surface area contributed by atoms with Crippen LogP contribution in [0.25, 0.3) is 0 Å². The summed E-state index contributed by atoms with van der Waals surface area (Å²) in [5.74, 6) is 0. The minimum Gasteiger partial charge on any atom is -0.870 e. The van der Waals surface area contributed by atoms with E-state index in [9.17, 15) is 0 Å². The zero-order chi connectivity index (χ0) is 3.58. The largest absolute Gasteiger partial charge is 3.00 e. The van der Waals surface area contributed by atoms with Gasteiger partial charge in [-0.3, -0.25) is 0 Å². The summed E-state index contributed by atoms with van der Waals surface area (Å²) in [6.07, 6.45) is 0. The number of hydrogen-bond donors (Lipinski definition) is 0. The van der Waals surface area contributed by atoms with Gasteiger partial charge < -0.3 is 19.5 Å². The molecule has 0 rings (SSSR count). The average molecular weight is 149 g/mol. The molecular formula is HFeO4Si. The van der Waals surface area contributed by atoms with Crippen LogP contribution in [-0.4, -0.2) is 14.6 Å². The molecule has 1 N–H and O–H groups in total. The molecule has 37 valence electrons. The Bertz CT molecular complexity index is 30.5. The normalized spacial score (nSPS) is 4.00. The molecule has 0 aromatic heterocycles. The Balaban J connectivity index is -0.0000000450. The Kier molecular flexibility index (Phi) is 24.6. The van der Waals surface area contributed by atoms with Gasteiger partial charge in [0.25, 0.3) is 0 Å². The Labute approximate surface area is 46.5 Å². The van der Waals surface area contributed by atoms with Gasteiger partial charge in [0.2, 0.25) is 0 Å². The van der Waals surface area contributed by atoms with E-state index >= 15 is 0 Å². The first-order chi connectivity index (χ1) is 1.73. The van der Waals surface area contributed by atoms with Crippen LogP contribution >= 0.6 is 0 Å². The maximum Gasteiger partial charge on any atom is 3.00 e. The Morgan fingerprint density at radius 1 is 1.33 bits per heavy atom. The summed E-state index contributed by atoms with van der Waals surface area (Å²) in [6.45, 7) is 0. The molecule has 0 spiro atoms. The summed E-state index contributed by atoms with van der Waals surface area (Å²) < 4.78 is 8.52. The average Bonchev–Trinajstić information content (AvgIpc) is 0.811. The second-order valence-corrected chi connectivity index (χ2v) is 0.750. The fraction of sp³-hybridized carbons (Fsp3) is 0. The molecule has 1 radical (unpaired) electrons. The third-order valence-electron chi connectivity index (χ3n) is 0. The van der Waals surface area contributed by atoms with Crippen molar-refractivity contribution in [1.82, 2.24) is 0 Å². The van der Waals surface area contributed by atoms with E-state index in [0.29, 0.717) is 0 Å². The van der Waals surface area contributed by atoms with Crippen LogP contribution in [0.1, 0.15) is 0 Å². The van der Waals surface area contributed by atoms with E-state index < -0.39 is 9.17 Å². The van der Waals surface area contributed by atoms with Gasteiger partial charge in [-0.05, 0) is 0 Å². The van der Waals surface area contributed by atoms with Crippen LogP contribution in [-0.2, 0) is 21.5 Å². The van der Waals surface area contributed by atoms with Gasteiger partial charge in [0, 0.05) is 9.17 Å². The van der Waals surface area contributed by atoms with E-state index in [2.05, 4.69) is 0 Å². The predicted molar refractivity (Wildman–Crippen MR) is 8.38 cm³/mol. The molecule has 6 heteroatoms. The first-order valence-electron chi connectivity index (χ1n) is 0.612. The van der Waals surface area contributed by atoms with E-state index in [1.54, 1.807) is 0 Å². The van der Waals surface area contributed by atoms with Crippen molar-refractivity contribution in [3.63, 3.8) is 0 Å². The van der Waals surface area contributed by atoms with Crippen LogP contribution in [0.3, 0.4) is 0 Å². The zero-order valence-corrected chi connectivity index (χ0v) is 4.63. The van der Waals surface area contributed by atoms with Crippen molar-refractivity contribution in [2.75, 3.05) is 0 Å². The number of hydrogen-bond acceptors (Lipinski definition) is 4. The summed E-state index contributed by atoms with van der Waals surface area (Å²) in [5, 5.41) is 0. The van der Waals surface area contributed by atoms with Crippen molar-refractivity contribution in [3.8, 4) is 0 Å². The van der Waals surface area contributed by atoms with Gasteiger partial charge >= 0.3 is 17.1 Å². The standard InChI is InChI=1S/Fe.O3Si.H2O/c;1-4(2)3;/h;;1H2/q+3;-2;/p-1. The molecule has 0 aromatic rings. The second kappa shape index (κ2) is 8.92. The van der Waals surface area contributed by atoms with Crippen molar-refractivity contribution in [2.45, 2.75) is 0 Å². The fourth-order valence-corrected chi connectivity index (χ4v) is 0. The van der Waals surface area contributed by atoms with Crippen LogP contribution in [0.5, 0.6) is 0 Å². The first-order valence-corrected chi connectivity index (χ1v) is 1.84. The smallest absolute Gasteiger partial charge is 0.870 e. The zero-order valence-electron chi connectivity index (χ0n) is 2.53. The molecular weight excluding hydrogens is 148 g/mol. The summed E-state index contributed by atoms with van der Waals surface area (Å²) in [4.78, 5) is 17.0. The first kappa shape index (κ1) is 16.5. The van der Waals surface area contributed by atoms with Gasteiger partial charge in [-0.2, -0.15) is 0 Å². The van der Waals surface area contributed by atoms with E-state index in [-0.39, 0.29) is 22.5 Å². The molecule has 0 aliphatic heterocycles. The minimum atomic E-state index is -3.63. The molecule has 0 heterocycles. The van der Waals surface area contributed by atoms with Gasteiger partial charge in [0.05, 0.1) is 0 Å². The molecule has 0 amide bonds. The van der Waals surface area contributed by atoms with Crippen molar-refractivity contribution in [2.24, 2.45) is 0 Å². The maximum atomic E-state index is 8.52. The summed E-state index contributed by atoms with van der Waals surface area (Å²) in [5.41, 5.74) is 0. The Hall–Kier alpha value is 0.0964. The number of rotatable bonds is 0. The van der Waals surface area contributed by atoms with Crippen LogP contribution in [0.15, 0.2) is 0 Å². The Morgan fingerprint density at radius 2 is 1.33 bits per heavy atom. The summed E-state index contributed by atoms with van der Waals surface area (Å²) in [7, 11) is -3.63. The molecule has 0 aliphatic carbocycles. The molecule has 0 atom stereocenters. The van der Waals surface area contributed by atoms with E-state index in [1.165, 1.54) is 0 Å². The SMILES string of the molecule is O=[Si]([O-])[O-].[Fe+3].[OH-]. The molecule has 0 saturated heterocycles. The molecule has 0 saturated carbocycles. The van der Waals surface area contributed by atoms with Crippen LogP contribution in [0.4, 0.5) is 0 Å². The van der Waals surface area contributed by atoms with Gasteiger partial charge in [-0.25, -0.2) is 0 Å². The van der Waals surface area contributed by atoms with Gasteiger partial charge in [-0.1, -0.05) is 0 Å². The van der Waals surface area contributed by atoms with E-state index in [4.69, 9.17) is 14.1 Å². The van der Waals surface area contributed by atoms with Gasteiger partial charge in [0.15, 0.2) is 0 Å². The van der Waals surface area contributed by atoms with Crippen LogP contribution < -0.4 is 9.59 Å². The molecule has 0 fully saturated rings. The quantitative estimate of drug-likeness (QED) is 0.342. The van der Waals surface area contributed by atoms with Gasteiger partial charge in [0.1, 0.15) is 0 Å². The third kappa shape index (κ3) is 4230. The molecule has 0 unspecified atom stereocenters. The van der Waals surface area contributed by atoms with Crippen molar-refractivity contribution >= 4 is 9.17 Å². The maximum absolute atomic E-state index is 8.52. The third-order valence-corrected chi connectivity index (χ3v) is 0. The minimum absolute atomic E-state index is 0. The topological polar surface area (TPSA) is 93.2 Å². The van der Waals surface area contributed by atoms with Crippen molar-refractivity contribution in [1.29, 1.82) is 0 Å². The van der Waals surface area contributed by atoms with Gasteiger partial charge in [-0.15, -0.1) is 0 Å². The predicted octanol–water partition coefficient (Wildman–Crippen LogP) is -3.06. The van der Waals surface area contributed by atoms with Crippen molar-refractivity contribution in [3.05, 3.63) is 0 Å². The van der Waals surface area contributed by atoms with E-state index in [0.717, 1.165) is 0 Å². The molecule has 0 aromatic carbocycles. The molecule has 6 heavy (non-hydrogen) atoms. The molecule has 4 nitrogen and oxygen atoms in total.